The van der Waals surface area contributed by atoms with E-state index in [1.165, 1.54) is 19.2 Å². The van der Waals surface area contributed by atoms with Crippen molar-refractivity contribution in [1.29, 1.82) is 0 Å². The van der Waals surface area contributed by atoms with Crippen LogP contribution >= 0.6 is 46.6 Å². The maximum Gasteiger partial charge on any atom is 0.293 e. The molecule has 1 saturated heterocycles. The highest BCUT2D eigenvalue weighted by molar-refractivity contribution is 8.18. The summed E-state index contributed by atoms with van der Waals surface area (Å²) in [6, 6.07) is 14.1. The van der Waals surface area contributed by atoms with Crippen LogP contribution in [0.3, 0.4) is 0 Å². The molecule has 0 atom stereocenters. The molecule has 1 heterocycles. The summed E-state index contributed by atoms with van der Waals surface area (Å²) < 4.78 is 24.8. The van der Waals surface area contributed by atoms with E-state index in [-0.39, 0.29) is 23.1 Å². The molecule has 5 nitrogen and oxygen atoms in total. The number of benzene rings is 3. The lowest BCUT2D eigenvalue weighted by atomic mass is 10.1. The number of nitrogens with zero attached hydrogens (tertiary/aromatic N) is 1. The molecule has 180 valence electrons. The van der Waals surface area contributed by atoms with Crippen LogP contribution in [0, 0.1) is 5.82 Å². The van der Waals surface area contributed by atoms with Crippen molar-refractivity contribution >= 4 is 63.8 Å². The van der Waals surface area contributed by atoms with Crippen LogP contribution in [0.4, 0.5) is 9.18 Å². The summed E-state index contributed by atoms with van der Waals surface area (Å²) in [5.74, 6) is -0.163. The molecule has 0 aliphatic carbocycles. The minimum Gasteiger partial charge on any atom is -0.493 e. The molecule has 2 amide bonds. The van der Waals surface area contributed by atoms with Crippen molar-refractivity contribution in [2.24, 2.45) is 0 Å². The smallest absolute Gasteiger partial charge is 0.293 e. The predicted octanol–water partition coefficient (Wildman–Crippen LogP) is 7.61. The van der Waals surface area contributed by atoms with E-state index in [9.17, 15) is 14.0 Å². The third kappa shape index (κ3) is 5.76. The summed E-state index contributed by atoms with van der Waals surface area (Å²) in [7, 11) is 1.50. The minimum atomic E-state index is -0.502. The Hall–Kier alpha value is -2.71. The second-order valence-electron chi connectivity index (χ2n) is 7.41. The molecule has 3 aromatic rings. The molecular formula is C25H17Cl3FNO4S. The number of carbonyl (C=O) groups is 2. The zero-order valence-corrected chi connectivity index (χ0v) is 21.3. The molecular weight excluding hydrogens is 536 g/mol. The fraction of sp³-hybridized carbons (Fsp3) is 0.120. The second-order valence-corrected chi connectivity index (χ2v) is 9.65. The summed E-state index contributed by atoms with van der Waals surface area (Å²) in [6.07, 6.45) is 1.57. The minimum absolute atomic E-state index is 0.0718. The lowest BCUT2D eigenvalue weighted by molar-refractivity contribution is -0.123. The first kappa shape index (κ1) is 25.4. The van der Waals surface area contributed by atoms with E-state index in [0.29, 0.717) is 38.2 Å². The van der Waals surface area contributed by atoms with Gasteiger partial charge in [0.1, 0.15) is 12.4 Å². The fourth-order valence-corrected chi connectivity index (χ4v) is 4.87. The molecule has 1 aliphatic heterocycles. The Bertz CT molecular complexity index is 1350. The number of thioether (sulfide) groups is 1. The monoisotopic (exact) mass is 551 g/mol. The van der Waals surface area contributed by atoms with Crippen molar-refractivity contribution in [1.82, 2.24) is 4.90 Å². The van der Waals surface area contributed by atoms with Crippen LogP contribution < -0.4 is 9.47 Å². The van der Waals surface area contributed by atoms with Crippen molar-refractivity contribution in [3.05, 3.63) is 97.1 Å². The zero-order chi connectivity index (χ0) is 25.1. The Kier molecular flexibility index (Phi) is 7.91. The van der Waals surface area contributed by atoms with Gasteiger partial charge in [-0.3, -0.25) is 14.5 Å². The Morgan fingerprint density at radius 3 is 2.46 bits per heavy atom. The van der Waals surface area contributed by atoms with Crippen molar-refractivity contribution in [3.63, 3.8) is 0 Å². The number of rotatable bonds is 7. The molecule has 1 fully saturated rings. The lowest BCUT2D eigenvalue weighted by Crippen LogP contribution is -2.27. The number of para-hydroxylation sites is 1. The van der Waals surface area contributed by atoms with Gasteiger partial charge in [0.2, 0.25) is 0 Å². The fourth-order valence-electron chi connectivity index (χ4n) is 3.35. The van der Waals surface area contributed by atoms with E-state index >= 15 is 0 Å². The molecule has 0 N–H and O–H groups in total. The van der Waals surface area contributed by atoms with Gasteiger partial charge < -0.3 is 9.47 Å². The summed E-state index contributed by atoms with van der Waals surface area (Å²) in [6.45, 7) is 0.0550. The molecule has 4 rings (SSSR count). The number of methoxy groups -OCH3 is 1. The van der Waals surface area contributed by atoms with Gasteiger partial charge in [-0.15, -0.1) is 0 Å². The van der Waals surface area contributed by atoms with Gasteiger partial charge in [-0.25, -0.2) is 4.39 Å². The number of imide groups is 1. The first-order valence-electron chi connectivity index (χ1n) is 10.2. The van der Waals surface area contributed by atoms with Gasteiger partial charge in [0.05, 0.1) is 18.6 Å². The topological polar surface area (TPSA) is 55.8 Å². The van der Waals surface area contributed by atoms with Crippen LogP contribution in [0.2, 0.25) is 15.1 Å². The Morgan fingerprint density at radius 1 is 1.00 bits per heavy atom. The molecule has 0 saturated carbocycles. The molecule has 1 aliphatic rings. The number of amides is 2. The van der Waals surface area contributed by atoms with Crippen molar-refractivity contribution < 1.29 is 23.5 Å². The number of hydrogen-bond acceptors (Lipinski definition) is 5. The number of carbonyl (C=O) groups excluding carboxylic acids is 2. The summed E-state index contributed by atoms with van der Waals surface area (Å²) in [4.78, 5) is 26.9. The van der Waals surface area contributed by atoms with Gasteiger partial charge in [-0.1, -0.05) is 59.1 Å². The van der Waals surface area contributed by atoms with Gasteiger partial charge in [-0.2, -0.15) is 0 Å². The van der Waals surface area contributed by atoms with Gasteiger partial charge >= 0.3 is 0 Å². The Morgan fingerprint density at radius 2 is 1.74 bits per heavy atom. The zero-order valence-electron chi connectivity index (χ0n) is 18.2. The van der Waals surface area contributed by atoms with Crippen LogP contribution in [-0.4, -0.2) is 23.2 Å². The number of halogens is 4. The van der Waals surface area contributed by atoms with E-state index in [1.54, 1.807) is 42.5 Å². The average Bonchev–Trinajstić information content (AvgIpc) is 3.08. The summed E-state index contributed by atoms with van der Waals surface area (Å²) in [5, 5.41) is 0.640. The van der Waals surface area contributed by atoms with E-state index in [0.717, 1.165) is 22.7 Å². The van der Waals surface area contributed by atoms with Gasteiger partial charge in [0, 0.05) is 26.2 Å². The van der Waals surface area contributed by atoms with Crippen LogP contribution in [0.5, 0.6) is 11.5 Å². The second kappa shape index (κ2) is 10.9. The van der Waals surface area contributed by atoms with Crippen LogP contribution in [0.1, 0.15) is 16.7 Å². The van der Waals surface area contributed by atoms with Gasteiger partial charge in [-0.05, 0) is 53.7 Å². The molecule has 0 radical (unpaired) electrons. The normalized spacial score (nSPS) is 14.7. The highest BCUT2D eigenvalue weighted by Gasteiger charge is 2.35. The van der Waals surface area contributed by atoms with Gasteiger partial charge in [0.15, 0.2) is 11.5 Å². The SMILES string of the molecule is COc1cccc(/C=C2\SC(=O)N(Cc3ccc(F)cc3Cl)C2=O)c1OCc1ccc(Cl)cc1Cl. The van der Waals surface area contributed by atoms with E-state index < -0.39 is 17.0 Å². The number of ether oxygens (including phenoxy) is 2. The van der Waals surface area contributed by atoms with E-state index in [2.05, 4.69) is 0 Å². The summed E-state index contributed by atoms with van der Waals surface area (Å²) in [5.41, 5.74) is 1.71. The molecule has 0 spiro atoms. The highest BCUT2D eigenvalue weighted by atomic mass is 35.5. The van der Waals surface area contributed by atoms with Crippen molar-refractivity contribution in [3.8, 4) is 11.5 Å². The molecule has 35 heavy (non-hydrogen) atoms. The third-order valence-electron chi connectivity index (χ3n) is 5.12. The first-order chi connectivity index (χ1) is 16.8. The largest absolute Gasteiger partial charge is 0.493 e. The van der Waals surface area contributed by atoms with E-state index in [4.69, 9.17) is 44.3 Å². The molecule has 0 unspecified atom stereocenters. The van der Waals surface area contributed by atoms with Crippen molar-refractivity contribution in [2.75, 3.05) is 7.11 Å². The molecule has 0 bridgehead atoms. The Balaban J connectivity index is 1.60. The van der Waals surface area contributed by atoms with Crippen LogP contribution in [0.25, 0.3) is 6.08 Å². The average molecular weight is 553 g/mol. The maximum absolute atomic E-state index is 13.3. The van der Waals surface area contributed by atoms with Crippen LogP contribution in [0.15, 0.2) is 59.5 Å². The quantitative estimate of drug-likeness (QED) is 0.282. The third-order valence-corrected chi connectivity index (χ3v) is 6.97. The van der Waals surface area contributed by atoms with Crippen LogP contribution in [-0.2, 0) is 17.9 Å². The standard InChI is InChI=1S/C25H17Cl3FNO4S/c1-33-21-4-2-3-14(23(21)34-13-16-5-7-17(26)10-19(16)27)9-22-24(31)30(25(32)35-22)12-15-6-8-18(29)11-20(15)28/h2-11H,12-13H2,1H3/b22-9-. The first-order valence-corrected chi connectivity index (χ1v) is 12.1. The number of hydrogen-bond donors (Lipinski definition) is 0. The molecule has 10 heteroatoms. The predicted molar refractivity (Wildman–Crippen MR) is 137 cm³/mol. The highest BCUT2D eigenvalue weighted by Crippen LogP contribution is 2.39. The lowest BCUT2D eigenvalue weighted by Gasteiger charge is -2.15. The maximum atomic E-state index is 13.3. The molecule has 0 aromatic heterocycles. The Labute approximate surface area is 220 Å². The van der Waals surface area contributed by atoms with E-state index in [1.807, 2.05) is 0 Å². The molecule has 3 aromatic carbocycles. The summed E-state index contributed by atoms with van der Waals surface area (Å²) >= 11 is 19.1. The van der Waals surface area contributed by atoms with Gasteiger partial charge in [0.25, 0.3) is 11.1 Å². The van der Waals surface area contributed by atoms with Crippen molar-refractivity contribution in [2.45, 2.75) is 13.2 Å².